The molecular formula is C12H25Na3O3. The molecule has 94 valence electrons. The minimum absolute atomic E-state index is 0. The molecule has 0 rings (SSSR count). The molecule has 0 fully saturated rings. The van der Waals surface area contributed by atoms with Crippen LogP contribution in [0.5, 0.6) is 0 Å². The maximum atomic E-state index is 7.88. The van der Waals surface area contributed by atoms with E-state index in [9.17, 15) is 0 Å². The van der Waals surface area contributed by atoms with Gasteiger partial charge in [-0.1, -0.05) is 64.7 Å². The van der Waals surface area contributed by atoms with Crippen molar-refractivity contribution in [2.45, 2.75) is 71.1 Å². The van der Waals surface area contributed by atoms with Gasteiger partial charge in [0.1, 0.15) is 0 Å². The Hall–Kier alpha value is 2.88. The summed E-state index contributed by atoms with van der Waals surface area (Å²) in [7, 11) is 0. The molecule has 0 bridgehead atoms. The van der Waals surface area contributed by atoms with Crippen LogP contribution in [0.25, 0.3) is 0 Å². The normalized spacial score (nSPS) is 8.00. The van der Waals surface area contributed by atoms with Crippen molar-refractivity contribution < 1.29 is 104 Å². The van der Waals surface area contributed by atoms with Crippen molar-refractivity contribution >= 4 is 0 Å². The van der Waals surface area contributed by atoms with E-state index in [0.717, 1.165) is 6.42 Å². The van der Waals surface area contributed by atoms with E-state index in [-0.39, 0.29) is 88.7 Å². The quantitative estimate of drug-likeness (QED) is 0.139. The first-order chi connectivity index (χ1) is 7.33. The molecule has 0 aromatic carbocycles. The molecule has 0 atom stereocenters. The van der Waals surface area contributed by atoms with Crippen LogP contribution in [0.3, 0.4) is 0 Å². The Labute approximate surface area is 180 Å². The van der Waals surface area contributed by atoms with Gasteiger partial charge in [0.2, 0.25) is 0 Å². The van der Waals surface area contributed by atoms with Crippen molar-refractivity contribution in [3.8, 4) is 0 Å². The zero-order valence-electron chi connectivity index (χ0n) is 13.0. The summed E-state index contributed by atoms with van der Waals surface area (Å²) in [5, 5.41) is 17.5. The van der Waals surface area contributed by atoms with E-state index in [1.54, 1.807) is 5.04 Å². The molecule has 3 nitrogen and oxygen atoms in total. The summed E-state index contributed by atoms with van der Waals surface area (Å²) < 4.78 is 0. The van der Waals surface area contributed by atoms with E-state index in [0.29, 0.717) is 0 Å². The van der Waals surface area contributed by atoms with Gasteiger partial charge in [0.05, 0.1) is 0 Å². The second-order valence-corrected chi connectivity index (χ2v) is 3.75. The van der Waals surface area contributed by atoms with Gasteiger partial charge in [-0.25, -0.2) is 0 Å². The monoisotopic (exact) mass is 286 g/mol. The van der Waals surface area contributed by atoms with Gasteiger partial charge in [0.25, 0.3) is 0 Å². The van der Waals surface area contributed by atoms with E-state index in [2.05, 4.69) is 13.8 Å². The van der Waals surface area contributed by atoms with Crippen LogP contribution in [0.1, 0.15) is 71.1 Å². The number of unbranched alkanes of at least 4 members (excludes halogenated alkanes) is 9. The molecule has 0 aliphatic carbocycles. The second-order valence-electron chi connectivity index (χ2n) is 3.75. The minimum atomic E-state index is 0. The maximum Gasteiger partial charge on any atom is 1.00 e. The Bertz CT molecular complexity index is 88.6. The topological polar surface area (TPSA) is 55.3 Å². The SMILES string of the molecule is [CH2-]CCCCCCCCCCC.[Na+].[Na+].[Na+].[O-]O[O-]. The average molecular weight is 286 g/mol. The third kappa shape index (κ3) is 42.8. The smallest absolute Gasteiger partial charge is 0.734 e. The first-order valence-corrected chi connectivity index (χ1v) is 6.04. The maximum absolute atomic E-state index is 7.88. The average Bonchev–Trinajstić information content (AvgIpc) is 2.23. The molecule has 0 aromatic heterocycles. The van der Waals surface area contributed by atoms with Crippen molar-refractivity contribution in [2.24, 2.45) is 0 Å². The molecule has 0 aliphatic rings. The molecule has 0 saturated carbocycles. The van der Waals surface area contributed by atoms with E-state index < -0.39 is 0 Å². The van der Waals surface area contributed by atoms with Crippen LogP contribution in [0.4, 0.5) is 0 Å². The molecule has 0 heterocycles. The Kier molecular flexibility index (Phi) is 66.9. The Morgan fingerprint density at radius 2 is 1.00 bits per heavy atom. The summed E-state index contributed by atoms with van der Waals surface area (Å²) in [6, 6.07) is 0. The van der Waals surface area contributed by atoms with Crippen LogP contribution in [0, 0.1) is 6.92 Å². The minimum Gasteiger partial charge on any atom is -0.734 e. The molecule has 0 amide bonds. The molecule has 0 aromatic rings. The molecular weight excluding hydrogens is 261 g/mol. The van der Waals surface area contributed by atoms with Crippen LogP contribution in [-0.4, -0.2) is 0 Å². The van der Waals surface area contributed by atoms with E-state index in [1.807, 2.05) is 0 Å². The van der Waals surface area contributed by atoms with E-state index in [4.69, 9.17) is 10.5 Å². The van der Waals surface area contributed by atoms with E-state index in [1.165, 1.54) is 57.8 Å². The summed E-state index contributed by atoms with van der Waals surface area (Å²) >= 11 is 0. The van der Waals surface area contributed by atoms with E-state index >= 15 is 0 Å². The molecule has 0 spiro atoms. The van der Waals surface area contributed by atoms with Gasteiger partial charge in [-0.05, 0) is 0 Å². The number of hydrogen-bond donors (Lipinski definition) is 0. The second kappa shape index (κ2) is 36.8. The number of hydrogen-bond acceptors (Lipinski definition) is 3. The largest absolute Gasteiger partial charge is 1.00 e. The van der Waals surface area contributed by atoms with Crippen LogP contribution >= 0.6 is 0 Å². The Morgan fingerprint density at radius 1 is 0.722 bits per heavy atom. The van der Waals surface area contributed by atoms with Crippen molar-refractivity contribution in [3.05, 3.63) is 6.92 Å². The fourth-order valence-electron chi connectivity index (χ4n) is 1.49. The summed E-state index contributed by atoms with van der Waals surface area (Å²) in [4.78, 5) is 0. The summed E-state index contributed by atoms with van der Waals surface area (Å²) in [5.74, 6) is 0. The molecule has 18 heavy (non-hydrogen) atoms. The van der Waals surface area contributed by atoms with Gasteiger partial charge < -0.3 is 22.5 Å². The van der Waals surface area contributed by atoms with Crippen molar-refractivity contribution in [1.82, 2.24) is 0 Å². The first-order valence-electron chi connectivity index (χ1n) is 6.04. The molecule has 0 radical (unpaired) electrons. The molecule has 0 aliphatic heterocycles. The summed E-state index contributed by atoms with van der Waals surface area (Å²) in [5.41, 5.74) is 0. The predicted octanol–water partition coefficient (Wildman–Crippen LogP) is -6.69. The summed E-state index contributed by atoms with van der Waals surface area (Å²) in [6.45, 7) is 6.12. The Morgan fingerprint density at radius 3 is 1.28 bits per heavy atom. The predicted molar refractivity (Wildman–Crippen MR) is 58.3 cm³/mol. The third-order valence-electron chi connectivity index (χ3n) is 2.35. The fourth-order valence-corrected chi connectivity index (χ4v) is 1.49. The molecule has 6 heteroatoms. The number of rotatable bonds is 9. The van der Waals surface area contributed by atoms with Gasteiger partial charge in [-0.3, -0.25) is 0 Å². The van der Waals surface area contributed by atoms with Gasteiger partial charge >= 0.3 is 88.7 Å². The van der Waals surface area contributed by atoms with Crippen molar-refractivity contribution in [2.75, 3.05) is 0 Å². The standard InChI is InChI=1S/C12H25.3Na.H2O3/c1-3-5-7-9-11-12-10-8-6-4-2;;;;1-3-2/h1,3-12H2,2H3;;;;1-2H/q-1;3*+1;/p-2. The zero-order chi connectivity index (χ0) is 11.8. The fraction of sp³-hybridized carbons (Fsp3) is 0.917. The van der Waals surface area contributed by atoms with Crippen molar-refractivity contribution in [3.63, 3.8) is 0 Å². The first kappa shape index (κ1) is 32.7. The van der Waals surface area contributed by atoms with Crippen LogP contribution in [0.15, 0.2) is 0 Å². The Balaban J connectivity index is -0.0000000852. The molecule has 0 unspecified atom stereocenters. The van der Waals surface area contributed by atoms with Gasteiger partial charge in [0.15, 0.2) is 0 Å². The van der Waals surface area contributed by atoms with Gasteiger partial charge in [-0.15, -0.1) is 0 Å². The molecule has 0 saturated heterocycles. The third-order valence-corrected chi connectivity index (χ3v) is 2.35. The van der Waals surface area contributed by atoms with Crippen LogP contribution < -0.4 is 99.2 Å². The van der Waals surface area contributed by atoms with Crippen LogP contribution in [-0.2, 0) is 5.04 Å². The summed E-state index contributed by atoms with van der Waals surface area (Å²) in [6.07, 6.45) is 13.9. The van der Waals surface area contributed by atoms with Crippen molar-refractivity contribution in [1.29, 1.82) is 0 Å². The van der Waals surface area contributed by atoms with Crippen LogP contribution in [0.2, 0.25) is 0 Å². The van der Waals surface area contributed by atoms with Gasteiger partial charge in [-0.2, -0.15) is 6.42 Å². The van der Waals surface area contributed by atoms with Gasteiger partial charge in [0, 0.05) is 0 Å². The molecule has 0 N–H and O–H groups in total. The zero-order valence-corrected chi connectivity index (χ0v) is 19.0.